The number of aromatic hydroxyl groups is 1. The number of aromatic nitrogens is 1. The van der Waals surface area contributed by atoms with E-state index in [4.69, 9.17) is 16.3 Å². The second-order valence-corrected chi connectivity index (χ2v) is 6.53. The summed E-state index contributed by atoms with van der Waals surface area (Å²) >= 11 is 6.23. The van der Waals surface area contributed by atoms with E-state index in [0.29, 0.717) is 38.3 Å². The molecular weight excluding hydrogens is 387 g/mol. The van der Waals surface area contributed by atoms with Crippen LogP contribution in [0.3, 0.4) is 0 Å². The van der Waals surface area contributed by atoms with E-state index in [1.807, 2.05) is 4.90 Å². The normalized spacial score (nSPS) is 14.8. The first kappa shape index (κ1) is 19.9. The molecule has 146 valence electrons. The van der Waals surface area contributed by atoms with Crippen LogP contribution in [0.1, 0.15) is 21.6 Å². The molecule has 6 nitrogen and oxygen atoms in total. The van der Waals surface area contributed by atoms with Crippen molar-refractivity contribution in [1.29, 1.82) is 0 Å². The van der Waals surface area contributed by atoms with Gasteiger partial charge in [0.2, 0.25) is 5.78 Å². The third-order valence-corrected chi connectivity index (χ3v) is 4.59. The van der Waals surface area contributed by atoms with E-state index in [9.17, 15) is 19.4 Å². The summed E-state index contributed by atoms with van der Waals surface area (Å²) in [7, 11) is 0. The van der Waals surface area contributed by atoms with Crippen molar-refractivity contribution < 1.29 is 24.1 Å². The van der Waals surface area contributed by atoms with Crippen molar-refractivity contribution in [2.45, 2.75) is 0 Å². The van der Waals surface area contributed by atoms with Gasteiger partial charge < -0.3 is 19.8 Å². The maximum Gasteiger partial charge on any atom is 0.218 e. The number of pyridine rings is 1. The Labute approximate surface area is 166 Å². The Kier molecular flexibility index (Phi) is 5.96. The highest BCUT2D eigenvalue weighted by atomic mass is 35.5. The minimum Gasteiger partial charge on any atom is -0.515 e. The molecule has 28 heavy (non-hydrogen) atoms. The Hall–Kier alpha value is -2.90. The largest absolute Gasteiger partial charge is 0.515 e. The SMILES string of the molecule is C=C(F)c1c(C(=CO)C(=O)c2ncccc2O)cc(Cl)cc1N1CCOCC1. The highest BCUT2D eigenvalue weighted by Gasteiger charge is 2.27. The Balaban J connectivity index is 2.16. The molecule has 0 atom stereocenters. The van der Waals surface area contributed by atoms with Crippen LogP contribution in [0.2, 0.25) is 5.02 Å². The van der Waals surface area contributed by atoms with E-state index in [1.165, 1.54) is 24.4 Å². The number of benzene rings is 1. The van der Waals surface area contributed by atoms with E-state index in [0.717, 1.165) is 0 Å². The first-order valence-electron chi connectivity index (χ1n) is 8.48. The van der Waals surface area contributed by atoms with Crippen LogP contribution in [0.25, 0.3) is 11.4 Å². The number of ketones is 1. The lowest BCUT2D eigenvalue weighted by Crippen LogP contribution is -2.36. The molecule has 0 unspecified atom stereocenters. The summed E-state index contributed by atoms with van der Waals surface area (Å²) in [6.07, 6.45) is 1.88. The third kappa shape index (κ3) is 3.85. The number of anilines is 1. The van der Waals surface area contributed by atoms with Gasteiger partial charge in [0.15, 0.2) is 5.69 Å². The number of hydrogen-bond acceptors (Lipinski definition) is 6. The minimum absolute atomic E-state index is 0.0374. The molecule has 3 rings (SSSR count). The molecular formula is C20H18ClFN2O4. The van der Waals surface area contributed by atoms with Crippen LogP contribution in [-0.2, 0) is 4.74 Å². The van der Waals surface area contributed by atoms with Crippen molar-refractivity contribution in [3.63, 3.8) is 0 Å². The minimum atomic E-state index is -0.787. The van der Waals surface area contributed by atoms with Crippen molar-refractivity contribution in [1.82, 2.24) is 4.98 Å². The zero-order valence-electron chi connectivity index (χ0n) is 14.9. The van der Waals surface area contributed by atoms with Crippen LogP contribution in [0.4, 0.5) is 10.1 Å². The number of hydrogen-bond donors (Lipinski definition) is 2. The lowest BCUT2D eigenvalue weighted by Gasteiger charge is -2.31. The number of ether oxygens (including phenoxy) is 1. The van der Waals surface area contributed by atoms with Gasteiger partial charge in [0.05, 0.1) is 25.0 Å². The number of morpholine rings is 1. The number of carbonyl (C=O) groups excluding carboxylic acids is 1. The Morgan fingerprint density at radius 2 is 2.07 bits per heavy atom. The van der Waals surface area contributed by atoms with Crippen molar-refractivity contribution in [2.24, 2.45) is 0 Å². The fourth-order valence-electron chi connectivity index (χ4n) is 3.09. The van der Waals surface area contributed by atoms with Gasteiger partial charge in [-0.1, -0.05) is 18.2 Å². The number of allylic oxidation sites excluding steroid dienone is 1. The van der Waals surface area contributed by atoms with Gasteiger partial charge in [-0.15, -0.1) is 0 Å². The lowest BCUT2D eigenvalue weighted by molar-refractivity contribution is 0.104. The quantitative estimate of drug-likeness (QED) is 0.445. The second kappa shape index (κ2) is 8.41. The van der Waals surface area contributed by atoms with E-state index in [1.54, 1.807) is 6.07 Å². The monoisotopic (exact) mass is 404 g/mol. The average Bonchev–Trinajstić information content (AvgIpc) is 2.68. The van der Waals surface area contributed by atoms with E-state index in [2.05, 4.69) is 11.6 Å². The van der Waals surface area contributed by atoms with Gasteiger partial charge >= 0.3 is 0 Å². The molecule has 1 fully saturated rings. The number of nitrogens with zero attached hydrogens (tertiary/aromatic N) is 2. The molecule has 1 aliphatic heterocycles. The van der Waals surface area contributed by atoms with Crippen LogP contribution in [0.5, 0.6) is 5.75 Å². The van der Waals surface area contributed by atoms with Crippen LogP contribution in [0.15, 0.2) is 43.3 Å². The number of Topliss-reactive ketones (excluding diaryl/α,β-unsaturated/α-hetero) is 1. The molecule has 0 saturated carbocycles. The number of rotatable bonds is 5. The molecule has 1 aromatic carbocycles. The number of aliphatic hydroxyl groups excluding tert-OH is 1. The van der Waals surface area contributed by atoms with Gasteiger partial charge in [-0.2, -0.15) is 0 Å². The summed E-state index contributed by atoms with van der Waals surface area (Å²) < 4.78 is 19.8. The summed E-state index contributed by atoms with van der Waals surface area (Å²) in [5, 5.41) is 20.0. The number of aliphatic hydroxyl groups is 1. The van der Waals surface area contributed by atoms with Crippen LogP contribution in [0, 0.1) is 0 Å². The predicted octanol–water partition coefficient (Wildman–Crippen LogP) is 4.00. The van der Waals surface area contributed by atoms with Gasteiger partial charge in [-0.05, 0) is 24.3 Å². The fraction of sp³-hybridized carbons (Fsp3) is 0.200. The van der Waals surface area contributed by atoms with Gasteiger partial charge in [-0.25, -0.2) is 9.37 Å². The van der Waals surface area contributed by atoms with Crippen LogP contribution >= 0.6 is 11.6 Å². The number of halogens is 2. The van der Waals surface area contributed by atoms with Crippen molar-refractivity contribution in [3.8, 4) is 5.75 Å². The van der Waals surface area contributed by atoms with Crippen LogP contribution in [-0.4, -0.2) is 47.3 Å². The molecule has 0 radical (unpaired) electrons. The van der Waals surface area contributed by atoms with Gasteiger partial charge in [-0.3, -0.25) is 4.79 Å². The molecule has 0 amide bonds. The lowest BCUT2D eigenvalue weighted by atomic mass is 9.93. The molecule has 2 aromatic rings. The summed E-state index contributed by atoms with van der Waals surface area (Å²) in [5.41, 5.74) is -0.00367. The Morgan fingerprint density at radius 1 is 1.36 bits per heavy atom. The molecule has 8 heteroatoms. The second-order valence-electron chi connectivity index (χ2n) is 6.09. The summed E-state index contributed by atoms with van der Waals surface area (Å²) in [4.78, 5) is 18.6. The molecule has 0 spiro atoms. The molecule has 1 saturated heterocycles. The van der Waals surface area contributed by atoms with Crippen LogP contribution < -0.4 is 4.90 Å². The smallest absolute Gasteiger partial charge is 0.218 e. The average molecular weight is 405 g/mol. The first-order valence-corrected chi connectivity index (χ1v) is 8.86. The molecule has 2 N–H and O–H groups in total. The highest BCUT2D eigenvalue weighted by molar-refractivity contribution is 6.33. The summed E-state index contributed by atoms with van der Waals surface area (Å²) in [6.45, 7) is 5.32. The zero-order valence-corrected chi connectivity index (χ0v) is 15.6. The van der Waals surface area contributed by atoms with Crippen molar-refractivity contribution in [3.05, 3.63) is 65.1 Å². The fourth-order valence-corrected chi connectivity index (χ4v) is 3.31. The first-order chi connectivity index (χ1) is 13.4. The van der Waals surface area contributed by atoms with Gasteiger partial charge in [0.25, 0.3) is 0 Å². The maximum atomic E-state index is 14.5. The maximum absolute atomic E-state index is 14.5. The highest BCUT2D eigenvalue weighted by Crippen LogP contribution is 2.38. The third-order valence-electron chi connectivity index (χ3n) is 4.37. The van der Waals surface area contributed by atoms with Gasteiger partial charge in [0.1, 0.15) is 11.6 Å². The number of carbonyl (C=O) groups is 1. The van der Waals surface area contributed by atoms with Crippen molar-refractivity contribution in [2.75, 3.05) is 31.2 Å². The van der Waals surface area contributed by atoms with Crippen molar-refractivity contribution >= 4 is 34.5 Å². The Bertz CT molecular complexity index is 955. The Morgan fingerprint density at radius 3 is 2.68 bits per heavy atom. The molecule has 2 heterocycles. The molecule has 0 aliphatic carbocycles. The zero-order chi connectivity index (χ0) is 20.3. The summed E-state index contributed by atoms with van der Waals surface area (Å²) in [6, 6.07) is 5.69. The predicted molar refractivity (Wildman–Crippen MR) is 105 cm³/mol. The molecule has 0 bridgehead atoms. The van der Waals surface area contributed by atoms with E-state index >= 15 is 0 Å². The van der Waals surface area contributed by atoms with E-state index < -0.39 is 11.6 Å². The molecule has 1 aliphatic rings. The summed E-state index contributed by atoms with van der Waals surface area (Å²) in [5.74, 6) is -1.92. The standard InChI is InChI=1S/C20H18ClFN2O4/c1-12(22)18-14(9-13(21)10-16(18)24-5-7-28-8-6-24)15(11-25)20(27)19-17(26)3-2-4-23-19/h2-4,9-11,25-26H,1,5-8H2. The molecule has 1 aromatic heterocycles. The van der Waals surface area contributed by atoms with E-state index in [-0.39, 0.29) is 33.2 Å². The van der Waals surface area contributed by atoms with Gasteiger partial charge in [0, 0.05) is 41.1 Å². The topological polar surface area (TPSA) is 82.9 Å².